The fourth-order valence-electron chi connectivity index (χ4n) is 1.30. The Morgan fingerprint density at radius 3 is 2.88 bits per heavy atom. The van der Waals surface area contributed by atoms with Crippen LogP contribution < -0.4 is 0 Å². The average molecular weight is 221 g/mol. The second kappa shape index (κ2) is 4.88. The molecule has 0 amide bonds. The molecule has 4 heteroatoms. The van der Waals surface area contributed by atoms with Crippen LogP contribution in [0.15, 0.2) is 24.3 Å². The van der Waals surface area contributed by atoms with Gasteiger partial charge in [-0.3, -0.25) is 9.59 Å². The molecule has 1 aliphatic carbocycles. The number of carbonyl (C=O) groups is 2. The zero-order valence-electron chi connectivity index (χ0n) is 9.40. The number of ether oxygens (including phenoxy) is 1. The Hall–Kier alpha value is -1.71. The van der Waals surface area contributed by atoms with Crippen LogP contribution in [-0.4, -0.2) is 23.6 Å². The maximum absolute atomic E-state index is 11.6. The number of nitrogens with one attached hydrogen (secondary N) is 1. The molecule has 4 nitrogen and oxygen atoms in total. The van der Waals surface area contributed by atoms with Crippen LogP contribution in [0.2, 0.25) is 0 Å². The molecule has 0 radical (unpaired) electrons. The smallest absolute Gasteiger partial charge is 0.310 e. The fraction of sp³-hybridized carbons (Fsp3) is 0.417. The molecular weight excluding hydrogens is 206 g/mol. The van der Waals surface area contributed by atoms with Gasteiger partial charge in [-0.2, -0.15) is 0 Å². The minimum atomic E-state index is -1.19. The van der Waals surface area contributed by atoms with Crippen molar-refractivity contribution in [3.05, 3.63) is 24.3 Å². The van der Waals surface area contributed by atoms with Crippen LogP contribution in [0.4, 0.5) is 0 Å². The molecule has 0 fully saturated rings. The molecule has 16 heavy (non-hydrogen) atoms. The summed E-state index contributed by atoms with van der Waals surface area (Å²) in [5.74, 6) is -1.11. The number of carbonyl (C=O) groups excluding carboxylic acids is 2. The van der Waals surface area contributed by atoms with Crippen LogP contribution in [-0.2, 0) is 14.3 Å². The lowest BCUT2D eigenvalue weighted by molar-refractivity contribution is -0.162. The lowest BCUT2D eigenvalue weighted by atomic mass is 9.95. The largest absolute Gasteiger partial charge is 0.446 e. The third-order valence-electron chi connectivity index (χ3n) is 2.45. The summed E-state index contributed by atoms with van der Waals surface area (Å²) in [5, 5.41) is 6.91. The van der Waals surface area contributed by atoms with Crippen LogP contribution in [0.1, 0.15) is 20.3 Å². The minimum Gasteiger partial charge on any atom is -0.446 e. The molecule has 0 saturated heterocycles. The third kappa shape index (κ3) is 2.66. The highest BCUT2D eigenvalue weighted by molar-refractivity contribution is 6.01. The van der Waals surface area contributed by atoms with Gasteiger partial charge in [0.25, 0.3) is 0 Å². The first kappa shape index (κ1) is 12.4. The van der Waals surface area contributed by atoms with E-state index >= 15 is 0 Å². The van der Waals surface area contributed by atoms with Gasteiger partial charge in [0, 0.05) is 0 Å². The van der Waals surface area contributed by atoms with Crippen LogP contribution in [0.25, 0.3) is 0 Å². The summed E-state index contributed by atoms with van der Waals surface area (Å²) >= 11 is 0. The van der Waals surface area contributed by atoms with E-state index in [1.165, 1.54) is 6.08 Å². The number of ketones is 1. The van der Waals surface area contributed by atoms with Crippen LogP contribution in [0.5, 0.6) is 0 Å². The zero-order chi connectivity index (χ0) is 12.2. The normalized spacial score (nSPS) is 25.2. The Morgan fingerprint density at radius 2 is 2.31 bits per heavy atom. The van der Waals surface area contributed by atoms with Gasteiger partial charge in [0.05, 0.1) is 5.92 Å². The van der Waals surface area contributed by atoms with E-state index < -0.39 is 17.5 Å². The Kier molecular flexibility index (Phi) is 3.77. The average Bonchev–Trinajstić information content (AvgIpc) is 2.23. The van der Waals surface area contributed by atoms with E-state index in [4.69, 9.17) is 10.1 Å². The summed E-state index contributed by atoms with van der Waals surface area (Å²) in [4.78, 5) is 23.2. The number of hydrogen-bond donors (Lipinski definition) is 1. The van der Waals surface area contributed by atoms with E-state index in [9.17, 15) is 9.59 Å². The summed E-state index contributed by atoms with van der Waals surface area (Å²) in [5.41, 5.74) is -1.19. The number of rotatable bonds is 4. The molecule has 1 aliphatic rings. The van der Waals surface area contributed by atoms with Gasteiger partial charge in [-0.1, -0.05) is 19.1 Å². The molecule has 0 aliphatic heterocycles. The predicted octanol–water partition coefficient (Wildman–Crippen LogP) is 1.66. The van der Waals surface area contributed by atoms with E-state index in [0.717, 1.165) is 6.21 Å². The maximum atomic E-state index is 11.6. The molecule has 0 aromatic carbocycles. The molecule has 0 bridgehead atoms. The van der Waals surface area contributed by atoms with Crippen LogP contribution >= 0.6 is 0 Å². The molecule has 0 spiro atoms. The van der Waals surface area contributed by atoms with Gasteiger partial charge in [0.15, 0.2) is 5.60 Å². The van der Waals surface area contributed by atoms with Crippen LogP contribution in [0.3, 0.4) is 0 Å². The molecule has 2 unspecified atom stereocenters. The second-order valence-electron chi connectivity index (χ2n) is 3.95. The quantitative estimate of drug-likeness (QED) is 0.580. The molecule has 1 rings (SSSR count). The molecule has 86 valence electrons. The zero-order valence-corrected chi connectivity index (χ0v) is 9.40. The van der Waals surface area contributed by atoms with E-state index in [1.807, 2.05) is 0 Å². The number of hydrogen-bond acceptors (Lipinski definition) is 4. The van der Waals surface area contributed by atoms with Crippen molar-refractivity contribution in [3.8, 4) is 0 Å². The first-order valence-electron chi connectivity index (χ1n) is 5.12. The van der Waals surface area contributed by atoms with Crippen molar-refractivity contribution in [1.82, 2.24) is 0 Å². The summed E-state index contributed by atoms with van der Waals surface area (Å²) < 4.78 is 5.18. The first-order valence-corrected chi connectivity index (χ1v) is 5.12. The Bertz CT molecular complexity index is 370. The lowest BCUT2D eigenvalue weighted by Crippen LogP contribution is -2.40. The van der Waals surface area contributed by atoms with Crippen molar-refractivity contribution >= 4 is 18.0 Å². The van der Waals surface area contributed by atoms with Crippen molar-refractivity contribution < 1.29 is 14.3 Å². The first-order chi connectivity index (χ1) is 7.49. The molecule has 0 heterocycles. The van der Waals surface area contributed by atoms with Gasteiger partial charge < -0.3 is 10.1 Å². The maximum Gasteiger partial charge on any atom is 0.310 e. The highest BCUT2D eigenvalue weighted by Gasteiger charge is 2.35. The molecule has 0 saturated carbocycles. The Balaban J connectivity index is 2.69. The highest BCUT2D eigenvalue weighted by Crippen LogP contribution is 2.20. The molecule has 1 N–H and O–H groups in total. The minimum absolute atomic E-state index is 0.245. The van der Waals surface area contributed by atoms with Gasteiger partial charge in [-0.05, 0) is 31.7 Å². The van der Waals surface area contributed by atoms with Gasteiger partial charge >= 0.3 is 5.97 Å². The van der Waals surface area contributed by atoms with Gasteiger partial charge in [0.1, 0.15) is 0 Å². The SMILES string of the molecule is CC(CC=N)C(=O)OC1(C)C=CC=CC1=O. The molecule has 0 aromatic rings. The van der Waals surface area contributed by atoms with E-state index in [1.54, 1.807) is 32.1 Å². The Labute approximate surface area is 94.5 Å². The third-order valence-corrected chi connectivity index (χ3v) is 2.45. The topological polar surface area (TPSA) is 67.2 Å². The van der Waals surface area contributed by atoms with Crippen molar-refractivity contribution in [2.75, 3.05) is 0 Å². The second-order valence-corrected chi connectivity index (χ2v) is 3.95. The summed E-state index contributed by atoms with van der Waals surface area (Å²) in [6.45, 7) is 3.23. The Morgan fingerprint density at radius 1 is 1.62 bits per heavy atom. The lowest BCUT2D eigenvalue weighted by Gasteiger charge is -2.26. The van der Waals surface area contributed by atoms with Crippen molar-refractivity contribution in [1.29, 1.82) is 5.41 Å². The van der Waals surface area contributed by atoms with Crippen molar-refractivity contribution in [2.45, 2.75) is 25.9 Å². The standard InChI is InChI=1S/C12H15NO3/c1-9(6-8-13)11(15)16-12(2)7-4-3-5-10(12)14/h3-5,7-9,13H,6H2,1-2H3. The van der Waals surface area contributed by atoms with Crippen molar-refractivity contribution in [2.24, 2.45) is 5.92 Å². The monoisotopic (exact) mass is 221 g/mol. The van der Waals surface area contributed by atoms with E-state index in [-0.39, 0.29) is 5.78 Å². The predicted molar refractivity (Wildman–Crippen MR) is 60.3 cm³/mol. The van der Waals surface area contributed by atoms with Crippen molar-refractivity contribution in [3.63, 3.8) is 0 Å². The van der Waals surface area contributed by atoms with Crippen LogP contribution in [0, 0.1) is 11.3 Å². The molecule has 0 aromatic heterocycles. The van der Waals surface area contributed by atoms with Gasteiger partial charge in [-0.15, -0.1) is 0 Å². The number of esters is 1. The van der Waals surface area contributed by atoms with Gasteiger partial charge in [0.2, 0.25) is 5.78 Å². The fourth-order valence-corrected chi connectivity index (χ4v) is 1.30. The molecular formula is C12H15NO3. The van der Waals surface area contributed by atoms with E-state index in [2.05, 4.69) is 0 Å². The summed E-state index contributed by atoms with van der Waals surface area (Å²) in [6.07, 6.45) is 7.71. The summed E-state index contributed by atoms with van der Waals surface area (Å²) in [6, 6.07) is 0. The van der Waals surface area contributed by atoms with Gasteiger partial charge in [-0.25, -0.2) is 0 Å². The van der Waals surface area contributed by atoms with E-state index in [0.29, 0.717) is 6.42 Å². The summed E-state index contributed by atoms with van der Waals surface area (Å²) in [7, 11) is 0. The number of allylic oxidation sites excluding steroid dienone is 2. The molecule has 2 atom stereocenters. The highest BCUT2D eigenvalue weighted by atomic mass is 16.6.